The number of methoxy groups -OCH3 is 1. The standard InChI is InChI=1S/C27H28BrNO6S/c1-5-34-22-12-10-21(11-13-22)29(36(31,32)23-14-7-19(3)8-15-23)26(30)16-9-20-17-24(28)27(35-6-2)25(18-20)33-4/h7-18H,5-6H2,1-4H3/b16-9+. The number of aryl methyl sites for hydroxylation is 1. The number of halogens is 1. The Morgan fingerprint density at radius 1 is 0.972 bits per heavy atom. The van der Waals surface area contributed by atoms with Crippen molar-refractivity contribution in [3.63, 3.8) is 0 Å². The molecule has 0 heterocycles. The minimum Gasteiger partial charge on any atom is -0.494 e. The van der Waals surface area contributed by atoms with Gasteiger partial charge in [-0.2, -0.15) is 4.31 Å². The molecular weight excluding hydrogens is 546 g/mol. The average Bonchev–Trinajstić information content (AvgIpc) is 2.85. The predicted octanol–water partition coefficient (Wildman–Crippen LogP) is 6.00. The zero-order valence-corrected chi connectivity index (χ0v) is 22.9. The first-order valence-corrected chi connectivity index (χ1v) is 13.5. The Balaban J connectivity index is 2.03. The molecule has 0 bridgehead atoms. The minimum absolute atomic E-state index is 0.00853. The van der Waals surface area contributed by atoms with Gasteiger partial charge in [-0.15, -0.1) is 0 Å². The van der Waals surface area contributed by atoms with Crippen LogP contribution in [0.4, 0.5) is 5.69 Å². The van der Waals surface area contributed by atoms with Crippen molar-refractivity contribution in [1.29, 1.82) is 0 Å². The zero-order valence-electron chi connectivity index (χ0n) is 20.5. The third kappa shape index (κ3) is 6.27. The van der Waals surface area contributed by atoms with Gasteiger partial charge >= 0.3 is 0 Å². The molecule has 0 N–H and O–H groups in total. The minimum atomic E-state index is -4.20. The maximum Gasteiger partial charge on any atom is 0.271 e. The molecule has 0 aliphatic rings. The molecule has 7 nitrogen and oxygen atoms in total. The van der Waals surface area contributed by atoms with Crippen LogP contribution in [0.1, 0.15) is 25.0 Å². The Morgan fingerprint density at radius 3 is 2.19 bits per heavy atom. The summed E-state index contributed by atoms with van der Waals surface area (Å²) in [4.78, 5) is 13.4. The van der Waals surface area contributed by atoms with E-state index in [1.165, 1.54) is 31.4 Å². The Morgan fingerprint density at radius 2 is 1.61 bits per heavy atom. The number of amides is 1. The SMILES string of the molecule is CCOc1ccc(N(C(=O)/C=C/c2cc(Br)c(OCC)c(OC)c2)S(=O)(=O)c2ccc(C)cc2)cc1. The van der Waals surface area contributed by atoms with Crippen LogP contribution in [0.5, 0.6) is 17.2 Å². The van der Waals surface area contributed by atoms with Gasteiger partial charge in [0.05, 0.1) is 35.4 Å². The lowest BCUT2D eigenvalue weighted by molar-refractivity contribution is -0.113. The molecule has 0 unspecified atom stereocenters. The molecule has 1 amide bonds. The van der Waals surface area contributed by atoms with E-state index < -0.39 is 15.9 Å². The number of benzene rings is 3. The summed E-state index contributed by atoms with van der Waals surface area (Å²) < 4.78 is 45.0. The van der Waals surface area contributed by atoms with Crippen LogP contribution < -0.4 is 18.5 Å². The summed E-state index contributed by atoms with van der Waals surface area (Å²) in [5.41, 5.74) is 1.72. The Labute approximate surface area is 220 Å². The molecule has 36 heavy (non-hydrogen) atoms. The molecule has 190 valence electrons. The summed E-state index contributed by atoms with van der Waals surface area (Å²) in [6.07, 6.45) is 2.74. The van der Waals surface area contributed by atoms with Crippen LogP contribution in [-0.2, 0) is 14.8 Å². The first-order chi connectivity index (χ1) is 17.2. The second kappa shape index (κ2) is 12.1. The largest absolute Gasteiger partial charge is 0.494 e. The highest BCUT2D eigenvalue weighted by Crippen LogP contribution is 2.37. The number of hydrogen-bond acceptors (Lipinski definition) is 6. The normalized spacial score (nSPS) is 11.4. The predicted molar refractivity (Wildman–Crippen MR) is 144 cm³/mol. The van der Waals surface area contributed by atoms with Gasteiger partial charge in [-0.3, -0.25) is 4.79 Å². The molecule has 3 rings (SSSR count). The molecule has 0 aliphatic heterocycles. The Hall–Kier alpha value is -3.30. The summed E-state index contributed by atoms with van der Waals surface area (Å²) in [5, 5.41) is 0. The van der Waals surface area contributed by atoms with Crippen LogP contribution in [0.3, 0.4) is 0 Å². The number of carbonyl (C=O) groups is 1. The van der Waals surface area contributed by atoms with Gasteiger partial charge in [0, 0.05) is 6.08 Å². The van der Waals surface area contributed by atoms with E-state index in [-0.39, 0.29) is 10.6 Å². The molecule has 9 heteroatoms. The molecule has 0 saturated carbocycles. The Bertz CT molecular complexity index is 1340. The van der Waals surface area contributed by atoms with Crippen LogP contribution in [0.25, 0.3) is 6.08 Å². The van der Waals surface area contributed by atoms with Crippen molar-refractivity contribution in [2.45, 2.75) is 25.7 Å². The monoisotopic (exact) mass is 573 g/mol. The molecule has 0 aliphatic carbocycles. The third-order valence-corrected chi connectivity index (χ3v) is 7.43. The van der Waals surface area contributed by atoms with E-state index >= 15 is 0 Å². The molecule has 0 radical (unpaired) electrons. The lowest BCUT2D eigenvalue weighted by Gasteiger charge is -2.22. The van der Waals surface area contributed by atoms with Gasteiger partial charge in [0.25, 0.3) is 15.9 Å². The fourth-order valence-electron chi connectivity index (χ4n) is 3.40. The van der Waals surface area contributed by atoms with Gasteiger partial charge in [0.15, 0.2) is 11.5 Å². The molecule has 0 fully saturated rings. The smallest absolute Gasteiger partial charge is 0.271 e. The molecule has 0 aromatic heterocycles. The van der Waals surface area contributed by atoms with Crippen LogP contribution in [0.2, 0.25) is 0 Å². The average molecular weight is 574 g/mol. The Kier molecular flexibility index (Phi) is 9.17. The number of hydrogen-bond donors (Lipinski definition) is 0. The van der Waals surface area contributed by atoms with E-state index in [1.54, 1.807) is 48.5 Å². The van der Waals surface area contributed by atoms with Gasteiger partial charge in [-0.05, 0) is 96.9 Å². The number of anilines is 1. The van der Waals surface area contributed by atoms with Gasteiger partial charge in [-0.1, -0.05) is 17.7 Å². The fraction of sp³-hybridized carbons (Fsp3) is 0.222. The van der Waals surface area contributed by atoms with Crippen molar-refractivity contribution >= 4 is 43.6 Å². The zero-order chi connectivity index (χ0) is 26.3. The highest BCUT2D eigenvalue weighted by Gasteiger charge is 2.30. The van der Waals surface area contributed by atoms with Crippen LogP contribution in [-0.4, -0.2) is 34.6 Å². The fourth-order valence-corrected chi connectivity index (χ4v) is 5.36. The highest BCUT2D eigenvalue weighted by molar-refractivity contribution is 9.10. The summed E-state index contributed by atoms with van der Waals surface area (Å²) in [6.45, 7) is 6.49. The highest BCUT2D eigenvalue weighted by atomic mass is 79.9. The van der Waals surface area contributed by atoms with Crippen molar-refractivity contribution in [3.8, 4) is 17.2 Å². The molecule has 0 saturated heterocycles. The second-order valence-electron chi connectivity index (χ2n) is 7.65. The van der Waals surface area contributed by atoms with Gasteiger partial charge < -0.3 is 14.2 Å². The summed E-state index contributed by atoms with van der Waals surface area (Å²) in [7, 11) is -2.68. The summed E-state index contributed by atoms with van der Waals surface area (Å²) >= 11 is 3.46. The van der Waals surface area contributed by atoms with Crippen molar-refractivity contribution in [1.82, 2.24) is 0 Å². The number of rotatable bonds is 10. The van der Waals surface area contributed by atoms with E-state index in [0.29, 0.717) is 40.5 Å². The van der Waals surface area contributed by atoms with Gasteiger partial charge in [-0.25, -0.2) is 8.42 Å². The van der Waals surface area contributed by atoms with Crippen molar-refractivity contribution < 1.29 is 27.4 Å². The molecule has 3 aromatic rings. The number of carbonyl (C=O) groups excluding carboxylic acids is 1. The second-order valence-corrected chi connectivity index (χ2v) is 10.3. The van der Waals surface area contributed by atoms with Gasteiger partial charge in [0.1, 0.15) is 5.75 Å². The number of ether oxygens (including phenoxy) is 3. The third-order valence-electron chi connectivity index (χ3n) is 5.10. The lowest BCUT2D eigenvalue weighted by Crippen LogP contribution is -2.35. The van der Waals surface area contributed by atoms with Crippen LogP contribution in [0.15, 0.2) is 76.1 Å². The first kappa shape index (κ1) is 27.3. The quantitative estimate of drug-likeness (QED) is 0.277. The maximum atomic E-state index is 13.6. The van der Waals surface area contributed by atoms with E-state index in [4.69, 9.17) is 14.2 Å². The van der Waals surface area contributed by atoms with E-state index in [9.17, 15) is 13.2 Å². The van der Waals surface area contributed by atoms with E-state index in [0.717, 1.165) is 9.87 Å². The van der Waals surface area contributed by atoms with Gasteiger partial charge in [0.2, 0.25) is 0 Å². The van der Waals surface area contributed by atoms with Crippen molar-refractivity contribution in [2.24, 2.45) is 0 Å². The number of nitrogens with zero attached hydrogens (tertiary/aromatic N) is 1. The van der Waals surface area contributed by atoms with Crippen molar-refractivity contribution in [3.05, 3.63) is 82.3 Å². The summed E-state index contributed by atoms with van der Waals surface area (Å²) in [5.74, 6) is 0.863. The first-order valence-electron chi connectivity index (χ1n) is 11.3. The van der Waals surface area contributed by atoms with Crippen molar-refractivity contribution in [2.75, 3.05) is 24.6 Å². The number of sulfonamides is 1. The topological polar surface area (TPSA) is 82.1 Å². The molecule has 3 aromatic carbocycles. The summed E-state index contributed by atoms with van der Waals surface area (Å²) in [6, 6.07) is 16.1. The van der Waals surface area contributed by atoms with E-state index in [2.05, 4.69) is 15.9 Å². The maximum absolute atomic E-state index is 13.6. The lowest BCUT2D eigenvalue weighted by atomic mass is 10.2. The van der Waals surface area contributed by atoms with E-state index in [1.807, 2.05) is 20.8 Å². The molecular formula is C27H28BrNO6S. The van der Waals surface area contributed by atoms with Crippen LogP contribution >= 0.6 is 15.9 Å². The molecule has 0 atom stereocenters. The van der Waals surface area contributed by atoms with Crippen LogP contribution in [0, 0.1) is 6.92 Å². The molecule has 0 spiro atoms.